The van der Waals surface area contributed by atoms with Crippen LogP contribution in [0.25, 0.3) is 0 Å². The fourth-order valence-electron chi connectivity index (χ4n) is 1.05. The largest absolute Gasteiger partial charge is 0.376 e. The lowest BCUT2D eigenvalue weighted by Crippen LogP contribution is -2.28. The van der Waals surface area contributed by atoms with Gasteiger partial charge in [0.05, 0.1) is 12.4 Å². The van der Waals surface area contributed by atoms with Crippen molar-refractivity contribution in [2.24, 2.45) is 5.41 Å². The summed E-state index contributed by atoms with van der Waals surface area (Å²) >= 11 is 0. The smallest absolute Gasteiger partial charge is 0.230 e. The fraction of sp³-hybridized carbons (Fsp3) is 0.500. The predicted molar refractivity (Wildman–Crippen MR) is 66.3 cm³/mol. The lowest BCUT2D eigenvalue weighted by molar-refractivity contribution is -0.123. The van der Waals surface area contributed by atoms with E-state index >= 15 is 0 Å². The van der Waals surface area contributed by atoms with Gasteiger partial charge in [0.1, 0.15) is 12.3 Å². The normalized spacial score (nSPS) is 11.1. The van der Waals surface area contributed by atoms with E-state index in [1.807, 2.05) is 0 Å². The second-order valence-corrected chi connectivity index (χ2v) is 4.85. The van der Waals surface area contributed by atoms with Crippen LogP contribution in [-0.2, 0) is 9.53 Å². The average Bonchev–Trinajstić information content (AvgIpc) is 2.29. The molecule has 0 bridgehead atoms. The molecule has 0 aliphatic rings. The Hall–Kier alpha value is -1.82. The summed E-state index contributed by atoms with van der Waals surface area (Å²) in [6.45, 7) is 5.35. The summed E-state index contributed by atoms with van der Waals surface area (Å²) < 4.78 is 4.71. The Morgan fingerprint density at radius 3 is 2.39 bits per heavy atom. The van der Waals surface area contributed by atoms with Crippen molar-refractivity contribution in [3.8, 4) is 0 Å². The first-order chi connectivity index (χ1) is 8.34. The fourth-order valence-corrected chi connectivity index (χ4v) is 1.05. The number of hydrogen-bond acceptors (Lipinski definition) is 5. The number of nitrogens with zero attached hydrogens (tertiary/aromatic N) is 2. The number of carbonyl (C=O) groups is 2. The summed E-state index contributed by atoms with van der Waals surface area (Å²) in [6.07, 6.45) is 2.67. The molecule has 0 spiro atoms. The number of Topliss-reactive ketones (excluding diaryl/α,β-unsaturated/α-hetero) is 1. The van der Waals surface area contributed by atoms with Crippen LogP contribution in [0, 0.1) is 5.41 Å². The topological polar surface area (TPSA) is 81.2 Å². The molecule has 1 heterocycles. The van der Waals surface area contributed by atoms with Crippen LogP contribution in [0.1, 0.15) is 31.3 Å². The standard InChI is InChI=1S/C12H17N3O3/c1-12(2,3)11(17)15-10-6-13-8(5-14-10)9(16)7-18-4/h5-6H,7H2,1-4H3,(H,14,15,17). The first-order valence-corrected chi connectivity index (χ1v) is 5.50. The highest BCUT2D eigenvalue weighted by Crippen LogP contribution is 2.15. The van der Waals surface area contributed by atoms with Crippen LogP contribution in [0.5, 0.6) is 0 Å². The van der Waals surface area contributed by atoms with Crippen molar-refractivity contribution in [2.45, 2.75) is 20.8 Å². The minimum absolute atomic E-state index is 0.0393. The van der Waals surface area contributed by atoms with Gasteiger partial charge in [0.25, 0.3) is 0 Å². The van der Waals surface area contributed by atoms with E-state index in [0.29, 0.717) is 5.82 Å². The zero-order chi connectivity index (χ0) is 13.8. The van der Waals surface area contributed by atoms with Crippen molar-refractivity contribution in [2.75, 3.05) is 19.0 Å². The molecule has 0 radical (unpaired) electrons. The summed E-state index contributed by atoms with van der Waals surface area (Å²) in [4.78, 5) is 31.0. The molecule has 1 aromatic rings. The van der Waals surface area contributed by atoms with Gasteiger partial charge in [-0.3, -0.25) is 9.59 Å². The Morgan fingerprint density at radius 1 is 1.28 bits per heavy atom. The number of aromatic nitrogens is 2. The van der Waals surface area contributed by atoms with E-state index in [1.165, 1.54) is 19.5 Å². The van der Waals surface area contributed by atoms with E-state index in [9.17, 15) is 9.59 Å². The minimum Gasteiger partial charge on any atom is -0.376 e. The molecular formula is C12H17N3O3. The zero-order valence-corrected chi connectivity index (χ0v) is 11.0. The highest BCUT2D eigenvalue weighted by atomic mass is 16.5. The van der Waals surface area contributed by atoms with Crippen LogP contribution >= 0.6 is 0 Å². The van der Waals surface area contributed by atoms with Crippen molar-refractivity contribution in [1.29, 1.82) is 0 Å². The molecule has 1 aromatic heterocycles. The molecule has 0 saturated carbocycles. The van der Waals surface area contributed by atoms with Crippen LogP contribution in [-0.4, -0.2) is 35.4 Å². The van der Waals surface area contributed by atoms with Crippen molar-refractivity contribution in [1.82, 2.24) is 9.97 Å². The zero-order valence-electron chi connectivity index (χ0n) is 11.0. The Balaban J connectivity index is 2.72. The maximum absolute atomic E-state index is 11.7. The van der Waals surface area contributed by atoms with E-state index in [-0.39, 0.29) is 24.0 Å². The van der Waals surface area contributed by atoms with Crippen LogP contribution in [0.3, 0.4) is 0 Å². The number of carbonyl (C=O) groups excluding carboxylic acids is 2. The SMILES string of the molecule is COCC(=O)c1cnc(NC(=O)C(C)(C)C)cn1. The molecule has 0 atom stereocenters. The molecule has 1 amide bonds. The van der Waals surface area contributed by atoms with Gasteiger partial charge in [0, 0.05) is 12.5 Å². The number of nitrogens with one attached hydrogen (secondary N) is 1. The Kier molecular flexibility index (Phi) is 4.49. The van der Waals surface area contributed by atoms with Gasteiger partial charge >= 0.3 is 0 Å². The number of amides is 1. The van der Waals surface area contributed by atoms with Crippen LogP contribution in [0.15, 0.2) is 12.4 Å². The van der Waals surface area contributed by atoms with E-state index < -0.39 is 5.41 Å². The molecule has 0 unspecified atom stereocenters. The Bertz CT molecular complexity index is 435. The highest BCUT2D eigenvalue weighted by Gasteiger charge is 2.21. The summed E-state index contributed by atoms with van der Waals surface area (Å²) in [5, 5.41) is 2.62. The molecular weight excluding hydrogens is 234 g/mol. The average molecular weight is 251 g/mol. The summed E-state index contributed by atoms with van der Waals surface area (Å²) in [5.74, 6) is -0.0876. The van der Waals surface area contributed by atoms with E-state index in [0.717, 1.165) is 0 Å². The Labute approximate surface area is 106 Å². The van der Waals surface area contributed by atoms with Gasteiger partial charge in [-0.25, -0.2) is 9.97 Å². The molecule has 98 valence electrons. The summed E-state index contributed by atoms with van der Waals surface area (Å²) in [5.41, 5.74) is -0.294. The van der Waals surface area contributed by atoms with E-state index in [4.69, 9.17) is 4.74 Å². The highest BCUT2D eigenvalue weighted by molar-refractivity contribution is 5.96. The second-order valence-electron chi connectivity index (χ2n) is 4.85. The predicted octanol–water partition coefficient (Wildman–Crippen LogP) is 1.29. The van der Waals surface area contributed by atoms with E-state index in [1.54, 1.807) is 20.8 Å². The molecule has 1 N–H and O–H groups in total. The molecule has 0 aromatic carbocycles. The van der Waals surface area contributed by atoms with Gasteiger partial charge in [0.15, 0.2) is 5.82 Å². The lowest BCUT2D eigenvalue weighted by Gasteiger charge is -2.16. The van der Waals surface area contributed by atoms with Crippen LogP contribution < -0.4 is 5.32 Å². The third-order valence-corrected chi connectivity index (χ3v) is 2.14. The molecule has 0 fully saturated rings. The molecule has 1 rings (SSSR count). The monoisotopic (exact) mass is 251 g/mol. The van der Waals surface area contributed by atoms with Gasteiger partial charge in [-0.1, -0.05) is 20.8 Å². The molecule has 6 heteroatoms. The maximum Gasteiger partial charge on any atom is 0.230 e. The lowest BCUT2D eigenvalue weighted by atomic mass is 9.96. The van der Waals surface area contributed by atoms with E-state index in [2.05, 4.69) is 15.3 Å². The van der Waals surface area contributed by atoms with Gasteiger partial charge in [-0.2, -0.15) is 0 Å². The molecule has 0 aliphatic heterocycles. The van der Waals surface area contributed by atoms with Crippen LogP contribution in [0.4, 0.5) is 5.82 Å². The third-order valence-electron chi connectivity index (χ3n) is 2.14. The number of ketones is 1. The van der Waals surface area contributed by atoms with Crippen molar-refractivity contribution in [3.63, 3.8) is 0 Å². The summed E-state index contributed by atoms with van der Waals surface area (Å²) in [7, 11) is 1.43. The third kappa shape index (κ3) is 3.89. The molecule has 6 nitrogen and oxygen atoms in total. The summed E-state index contributed by atoms with van der Waals surface area (Å²) in [6, 6.07) is 0. The molecule has 18 heavy (non-hydrogen) atoms. The maximum atomic E-state index is 11.7. The van der Waals surface area contributed by atoms with Crippen molar-refractivity contribution < 1.29 is 14.3 Å². The van der Waals surface area contributed by atoms with Gasteiger partial charge in [0.2, 0.25) is 11.7 Å². The number of rotatable bonds is 4. The molecule has 0 saturated heterocycles. The van der Waals surface area contributed by atoms with Gasteiger partial charge in [-0.15, -0.1) is 0 Å². The van der Waals surface area contributed by atoms with Crippen molar-refractivity contribution >= 4 is 17.5 Å². The first kappa shape index (κ1) is 14.2. The first-order valence-electron chi connectivity index (χ1n) is 5.50. The quantitative estimate of drug-likeness (QED) is 0.815. The van der Waals surface area contributed by atoms with Gasteiger partial charge in [-0.05, 0) is 0 Å². The van der Waals surface area contributed by atoms with Crippen LogP contribution in [0.2, 0.25) is 0 Å². The molecule has 0 aliphatic carbocycles. The van der Waals surface area contributed by atoms with Gasteiger partial charge < -0.3 is 10.1 Å². The number of ether oxygens (including phenoxy) is 1. The number of hydrogen-bond donors (Lipinski definition) is 1. The number of anilines is 1. The Morgan fingerprint density at radius 2 is 1.94 bits per heavy atom. The van der Waals surface area contributed by atoms with Crippen molar-refractivity contribution in [3.05, 3.63) is 18.1 Å². The second kappa shape index (κ2) is 5.68. The number of methoxy groups -OCH3 is 1. The minimum atomic E-state index is -0.508.